The predicted octanol–water partition coefficient (Wildman–Crippen LogP) is 2.65. The van der Waals surface area contributed by atoms with Gasteiger partial charge in [-0.05, 0) is 13.0 Å². The van der Waals surface area contributed by atoms with Gasteiger partial charge < -0.3 is 14.8 Å². The van der Waals surface area contributed by atoms with Crippen LogP contribution in [0.25, 0.3) is 0 Å². The molecule has 0 aliphatic carbocycles. The van der Waals surface area contributed by atoms with Gasteiger partial charge >= 0.3 is 0 Å². The van der Waals surface area contributed by atoms with E-state index in [1.165, 1.54) is 4.88 Å². The molecule has 0 aliphatic heterocycles. The lowest BCUT2D eigenvalue weighted by Gasteiger charge is -2.22. The molecule has 2 aromatic rings. The third-order valence-corrected chi connectivity index (χ3v) is 4.23. The number of hydrogen-bond donors (Lipinski definition) is 1. The van der Waals surface area contributed by atoms with Gasteiger partial charge in [0.2, 0.25) is 0 Å². The van der Waals surface area contributed by atoms with E-state index in [-0.39, 0.29) is 0 Å². The number of nitrogens with zero attached hydrogens (tertiary/aromatic N) is 4. The molecule has 0 amide bonds. The zero-order valence-electron chi connectivity index (χ0n) is 12.7. The van der Waals surface area contributed by atoms with E-state index >= 15 is 0 Å². The number of thiazole rings is 1. The molecule has 2 heterocycles. The number of aryl methyl sites for hydroxylation is 2. The molecule has 0 aromatic carbocycles. The van der Waals surface area contributed by atoms with Gasteiger partial charge in [0.25, 0.3) is 0 Å². The zero-order valence-corrected chi connectivity index (χ0v) is 14.3. The second kappa shape index (κ2) is 6.95. The summed E-state index contributed by atoms with van der Waals surface area (Å²) in [5.41, 5.74) is 1.13. The van der Waals surface area contributed by atoms with E-state index in [1.807, 2.05) is 37.1 Å². The van der Waals surface area contributed by atoms with Gasteiger partial charge in [-0.3, -0.25) is 4.99 Å². The van der Waals surface area contributed by atoms with Crippen LogP contribution >= 0.6 is 22.9 Å². The number of guanidine groups is 1. The predicted molar refractivity (Wildman–Crippen MR) is 88.9 cm³/mol. The number of hydrogen-bond acceptors (Lipinski definition) is 3. The highest BCUT2D eigenvalue weighted by Gasteiger charge is 2.10. The van der Waals surface area contributed by atoms with Gasteiger partial charge in [-0.1, -0.05) is 11.6 Å². The molecule has 1 N–H and O–H groups in total. The Bertz CT molecular complexity index is 631. The van der Waals surface area contributed by atoms with Crippen LogP contribution in [0.5, 0.6) is 0 Å². The number of nitrogens with one attached hydrogen (secondary N) is 1. The Hall–Kier alpha value is -1.53. The number of halogens is 1. The van der Waals surface area contributed by atoms with Crippen LogP contribution in [-0.2, 0) is 20.1 Å². The van der Waals surface area contributed by atoms with Crippen molar-refractivity contribution in [3.05, 3.63) is 39.1 Å². The first-order chi connectivity index (χ1) is 9.99. The first-order valence-electron chi connectivity index (χ1n) is 6.63. The minimum atomic E-state index is 0.684. The van der Waals surface area contributed by atoms with E-state index in [0.29, 0.717) is 6.54 Å². The molecular formula is C14H20ClN5S. The Labute approximate surface area is 134 Å². The summed E-state index contributed by atoms with van der Waals surface area (Å²) >= 11 is 7.71. The van der Waals surface area contributed by atoms with Crippen LogP contribution in [0.3, 0.4) is 0 Å². The highest BCUT2D eigenvalue weighted by Crippen LogP contribution is 2.14. The van der Waals surface area contributed by atoms with Crippen molar-refractivity contribution in [1.29, 1.82) is 0 Å². The van der Waals surface area contributed by atoms with E-state index < -0.39 is 0 Å². The highest BCUT2D eigenvalue weighted by molar-refractivity contribution is 7.11. The van der Waals surface area contributed by atoms with E-state index in [1.54, 1.807) is 18.4 Å². The van der Waals surface area contributed by atoms with Crippen LogP contribution in [0.15, 0.2) is 23.5 Å². The second-order valence-corrected chi connectivity index (χ2v) is 6.64. The number of aromatic nitrogens is 2. The van der Waals surface area contributed by atoms with Gasteiger partial charge in [-0.25, -0.2) is 4.98 Å². The molecule has 7 heteroatoms. The van der Waals surface area contributed by atoms with Gasteiger partial charge in [-0.15, -0.1) is 11.3 Å². The quantitative estimate of drug-likeness (QED) is 0.694. The van der Waals surface area contributed by atoms with Crippen molar-refractivity contribution in [2.45, 2.75) is 20.0 Å². The Morgan fingerprint density at radius 3 is 2.86 bits per heavy atom. The summed E-state index contributed by atoms with van der Waals surface area (Å²) < 4.78 is 2.02. The third-order valence-electron chi connectivity index (χ3n) is 3.11. The molecule has 0 spiro atoms. The lowest BCUT2D eigenvalue weighted by atomic mass is 10.4. The van der Waals surface area contributed by atoms with Crippen molar-refractivity contribution < 1.29 is 0 Å². The maximum absolute atomic E-state index is 6.01. The molecule has 0 saturated carbocycles. The average molecular weight is 326 g/mol. The smallest absolute Gasteiger partial charge is 0.194 e. The van der Waals surface area contributed by atoms with Crippen LogP contribution in [-0.4, -0.2) is 34.5 Å². The van der Waals surface area contributed by atoms with Crippen molar-refractivity contribution in [3.63, 3.8) is 0 Å². The molecule has 0 atom stereocenters. The van der Waals surface area contributed by atoms with Crippen LogP contribution in [0.1, 0.15) is 15.6 Å². The molecule has 0 fully saturated rings. The molecule has 0 unspecified atom stereocenters. The summed E-state index contributed by atoms with van der Waals surface area (Å²) in [6.45, 7) is 3.48. The van der Waals surface area contributed by atoms with Crippen LogP contribution in [0.2, 0.25) is 5.02 Å². The van der Waals surface area contributed by atoms with E-state index in [4.69, 9.17) is 11.6 Å². The maximum Gasteiger partial charge on any atom is 0.194 e. The van der Waals surface area contributed by atoms with Crippen molar-refractivity contribution in [2.75, 3.05) is 14.1 Å². The summed E-state index contributed by atoms with van der Waals surface area (Å²) in [6.07, 6.45) is 3.79. The fourth-order valence-electron chi connectivity index (χ4n) is 2.06. The molecule has 5 nitrogen and oxygen atoms in total. The third kappa shape index (κ3) is 4.22. The number of aliphatic imine (C=N–C) groups is 1. The highest BCUT2D eigenvalue weighted by atomic mass is 35.5. The summed E-state index contributed by atoms with van der Waals surface area (Å²) in [4.78, 5) is 11.9. The normalized spacial score (nSPS) is 11.8. The van der Waals surface area contributed by atoms with Gasteiger partial charge in [0.1, 0.15) is 5.01 Å². The lowest BCUT2D eigenvalue weighted by Crippen LogP contribution is -2.38. The van der Waals surface area contributed by atoms with Crippen molar-refractivity contribution in [2.24, 2.45) is 12.0 Å². The van der Waals surface area contributed by atoms with Gasteiger partial charge in [-0.2, -0.15) is 0 Å². The zero-order chi connectivity index (χ0) is 15.4. The fraction of sp³-hybridized carbons (Fsp3) is 0.429. The van der Waals surface area contributed by atoms with Crippen LogP contribution in [0.4, 0.5) is 0 Å². The second-order valence-electron chi connectivity index (χ2n) is 4.88. The minimum absolute atomic E-state index is 0.684. The van der Waals surface area contributed by atoms with E-state index in [2.05, 4.69) is 27.1 Å². The summed E-state index contributed by atoms with van der Waals surface area (Å²) in [7, 11) is 5.77. The van der Waals surface area contributed by atoms with Crippen LogP contribution < -0.4 is 5.32 Å². The molecule has 0 saturated heterocycles. The van der Waals surface area contributed by atoms with E-state index in [9.17, 15) is 0 Å². The first-order valence-corrected chi connectivity index (χ1v) is 7.83. The Kier molecular flexibility index (Phi) is 5.25. The van der Waals surface area contributed by atoms with Gasteiger partial charge in [0.15, 0.2) is 5.96 Å². The molecule has 0 aliphatic rings. The molecule has 0 bridgehead atoms. The largest absolute Gasteiger partial charge is 0.351 e. The fourth-order valence-corrected chi connectivity index (χ4v) is 3.06. The molecule has 0 radical (unpaired) electrons. The Balaban J connectivity index is 1.95. The Morgan fingerprint density at radius 2 is 2.33 bits per heavy atom. The number of rotatable bonds is 4. The summed E-state index contributed by atoms with van der Waals surface area (Å²) in [6, 6.07) is 1.97. The average Bonchev–Trinajstić information content (AvgIpc) is 2.96. The van der Waals surface area contributed by atoms with Crippen molar-refractivity contribution in [3.8, 4) is 0 Å². The van der Waals surface area contributed by atoms with Crippen LogP contribution in [0, 0.1) is 6.92 Å². The molecule has 114 valence electrons. The lowest BCUT2D eigenvalue weighted by molar-refractivity contribution is 0.461. The molecular weight excluding hydrogens is 306 g/mol. The van der Waals surface area contributed by atoms with Crippen molar-refractivity contribution in [1.82, 2.24) is 19.8 Å². The van der Waals surface area contributed by atoms with Gasteiger partial charge in [0.05, 0.1) is 18.1 Å². The van der Waals surface area contributed by atoms with Crippen molar-refractivity contribution >= 4 is 28.9 Å². The maximum atomic E-state index is 6.01. The first kappa shape index (κ1) is 15.9. The van der Waals surface area contributed by atoms with E-state index in [0.717, 1.165) is 28.2 Å². The molecule has 21 heavy (non-hydrogen) atoms. The van der Waals surface area contributed by atoms with Gasteiger partial charge in [0, 0.05) is 44.1 Å². The standard InChI is InChI=1S/C14H20ClN5S/c1-10-6-17-13(21-10)7-18-14(16-2)20(4)9-12-5-11(15)8-19(12)3/h5-6,8H,7,9H2,1-4H3,(H,16,18). The SMILES string of the molecule is CN=C(NCc1ncc(C)s1)N(C)Cc1cc(Cl)cn1C. The molecule has 2 rings (SSSR count). The molecule has 2 aromatic heterocycles. The summed E-state index contributed by atoms with van der Waals surface area (Å²) in [5.74, 6) is 0.833. The topological polar surface area (TPSA) is 45.5 Å². The summed E-state index contributed by atoms with van der Waals surface area (Å²) in [5, 5.41) is 5.14. The monoisotopic (exact) mass is 325 g/mol. The minimum Gasteiger partial charge on any atom is -0.351 e. The Morgan fingerprint density at radius 1 is 1.57 bits per heavy atom.